The van der Waals surface area contributed by atoms with Crippen molar-refractivity contribution < 1.29 is 4.79 Å². The summed E-state index contributed by atoms with van der Waals surface area (Å²) in [5.74, 6) is 0.217. The summed E-state index contributed by atoms with van der Waals surface area (Å²) in [4.78, 5) is 19.6. The fourth-order valence-corrected chi connectivity index (χ4v) is 1.88. The van der Waals surface area contributed by atoms with E-state index in [0.29, 0.717) is 11.0 Å². The van der Waals surface area contributed by atoms with Gasteiger partial charge in [0.15, 0.2) is 0 Å². The molecule has 0 radical (unpaired) electrons. The number of carbonyl (C=O) groups excluding carboxylic acids is 1. The third-order valence-electron chi connectivity index (χ3n) is 1.89. The average Bonchev–Trinajstić information content (AvgIpc) is 2.67. The standard InChI is InChI=1S/C9H8ClN5OS/c1-4-13-9(17-15-4)14-8(16)5-2-7(10)12-3-6(5)11/h2-3H,11H2,1H3,(H,13,14,15,16). The highest BCUT2D eigenvalue weighted by atomic mass is 35.5. The molecule has 0 aromatic carbocycles. The second-order valence-electron chi connectivity index (χ2n) is 3.20. The van der Waals surface area contributed by atoms with Gasteiger partial charge in [-0.05, 0) is 13.0 Å². The van der Waals surface area contributed by atoms with Crippen LogP contribution in [0.4, 0.5) is 10.8 Å². The van der Waals surface area contributed by atoms with E-state index >= 15 is 0 Å². The normalized spacial score (nSPS) is 10.2. The highest BCUT2D eigenvalue weighted by Crippen LogP contribution is 2.18. The van der Waals surface area contributed by atoms with Crippen molar-refractivity contribution in [2.45, 2.75) is 6.92 Å². The van der Waals surface area contributed by atoms with Crippen LogP contribution in [0.15, 0.2) is 12.3 Å². The van der Waals surface area contributed by atoms with E-state index in [1.54, 1.807) is 6.92 Å². The minimum absolute atomic E-state index is 0.206. The molecular formula is C9H8ClN5OS. The molecule has 2 rings (SSSR count). The number of aromatic nitrogens is 3. The van der Waals surface area contributed by atoms with Crippen LogP contribution in [0.2, 0.25) is 5.15 Å². The van der Waals surface area contributed by atoms with E-state index in [-0.39, 0.29) is 22.3 Å². The topological polar surface area (TPSA) is 93.8 Å². The highest BCUT2D eigenvalue weighted by Gasteiger charge is 2.13. The van der Waals surface area contributed by atoms with Crippen LogP contribution >= 0.6 is 23.1 Å². The summed E-state index contributed by atoms with van der Waals surface area (Å²) < 4.78 is 3.95. The van der Waals surface area contributed by atoms with Crippen molar-refractivity contribution >= 4 is 39.9 Å². The first-order valence-electron chi connectivity index (χ1n) is 4.59. The first-order chi connectivity index (χ1) is 8.06. The largest absolute Gasteiger partial charge is 0.397 e. The zero-order chi connectivity index (χ0) is 12.4. The van der Waals surface area contributed by atoms with Crippen molar-refractivity contribution in [2.75, 3.05) is 11.1 Å². The average molecular weight is 270 g/mol. The van der Waals surface area contributed by atoms with E-state index in [1.807, 2.05) is 0 Å². The predicted molar refractivity (Wildman–Crippen MR) is 66.3 cm³/mol. The Bertz CT molecular complexity index is 570. The number of nitrogens with two attached hydrogens (primary N) is 1. The molecule has 2 aromatic heterocycles. The third-order valence-corrected chi connectivity index (χ3v) is 2.82. The van der Waals surface area contributed by atoms with Crippen LogP contribution in [-0.2, 0) is 0 Å². The lowest BCUT2D eigenvalue weighted by Gasteiger charge is -2.04. The Morgan fingerprint density at radius 2 is 2.35 bits per heavy atom. The maximum atomic E-state index is 11.9. The van der Waals surface area contributed by atoms with Gasteiger partial charge >= 0.3 is 0 Å². The molecule has 0 aliphatic rings. The minimum atomic E-state index is -0.386. The molecule has 0 saturated carbocycles. The number of hydrogen-bond donors (Lipinski definition) is 2. The van der Waals surface area contributed by atoms with Crippen molar-refractivity contribution in [3.05, 3.63) is 28.8 Å². The van der Waals surface area contributed by atoms with Gasteiger partial charge in [0.1, 0.15) is 11.0 Å². The van der Waals surface area contributed by atoms with Gasteiger partial charge in [-0.1, -0.05) is 11.6 Å². The van der Waals surface area contributed by atoms with Gasteiger partial charge in [-0.25, -0.2) is 9.97 Å². The summed E-state index contributed by atoms with van der Waals surface area (Å²) in [5, 5.41) is 3.21. The molecule has 0 fully saturated rings. The number of hydrogen-bond acceptors (Lipinski definition) is 6. The second-order valence-corrected chi connectivity index (χ2v) is 4.33. The fourth-order valence-electron chi connectivity index (χ4n) is 1.15. The van der Waals surface area contributed by atoms with Crippen molar-refractivity contribution in [1.29, 1.82) is 0 Å². The SMILES string of the molecule is Cc1nsc(NC(=O)c2cc(Cl)ncc2N)n1. The first-order valence-corrected chi connectivity index (χ1v) is 5.74. The summed E-state index contributed by atoms with van der Waals surface area (Å²) >= 11 is 6.80. The monoisotopic (exact) mass is 269 g/mol. The number of nitrogens with zero attached hydrogens (tertiary/aromatic N) is 3. The Hall–Kier alpha value is -1.73. The number of halogens is 1. The number of amides is 1. The molecule has 6 nitrogen and oxygen atoms in total. The van der Waals surface area contributed by atoms with Crippen molar-refractivity contribution in [1.82, 2.24) is 14.3 Å². The molecule has 0 atom stereocenters. The van der Waals surface area contributed by atoms with Gasteiger partial charge in [0, 0.05) is 11.5 Å². The number of pyridine rings is 1. The van der Waals surface area contributed by atoms with Crippen LogP contribution < -0.4 is 11.1 Å². The van der Waals surface area contributed by atoms with Crippen LogP contribution in [-0.4, -0.2) is 20.2 Å². The lowest BCUT2D eigenvalue weighted by Crippen LogP contribution is -2.14. The summed E-state index contributed by atoms with van der Waals surface area (Å²) in [6.45, 7) is 1.74. The number of aryl methyl sites for hydroxylation is 1. The Kier molecular flexibility index (Phi) is 3.21. The smallest absolute Gasteiger partial charge is 0.259 e. The summed E-state index contributed by atoms with van der Waals surface area (Å²) in [7, 11) is 0. The molecule has 8 heteroatoms. The van der Waals surface area contributed by atoms with E-state index in [0.717, 1.165) is 11.5 Å². The predicted octanol–water partition coefficient (Wildman–Crippen LogP) is 1.73. The lowest BCUT2D eigenvalue weighted by molar-refractivity contribution is 0.102. The van der Waals surface area contributed by atoms with Crippen LogP contribution in [0.5, 0.6) is 0 Å². The van der Waals surface area contributed by atoms with Gasteiger partial charge in [-0.15, -0.1) is 0 Å². The quantitative estimate of drug-likeness (QED) is 0.810. The van der Waals surface area contributed by atoms with Gasteiger partial charge in [0.05, 0.1) is 17.4 Å². The molecule has 2 heterocycles. The van der Waals surface area contributed by atoms with E-state index in [4.69, 9.17) is 17.3 Å². The maximum absolute atomic E-state index is 11.9. The zero-order valence-electron chi connectivity index (χ0n) is 8.77. The van der Waals surface area contributed by atoms with Crippen LogP contribution in [0.3, 0.4) is 0 Å². The minimum Gasteiger partial charge on any atom is -0.397 e. The van der Waals surface area contributed by atoms with Crippen molar-refractivity contribution in [2.24, 2.45) is 0 Å². The molecule has 0 aliphatic heterocycles. The third kappa shape index (κ3) is 2.69. The molecule has 17 heavy (non-hydrogen) atoms. The van der Waals surface area contributed by atoms with E-state index in [2.05, 4.69) is 19.7 Å². The molecule has 2 aromatic rings. The first kappa shape index (κ1) is 11.7. The fraction of sp³-hybridized carbons (Fsp3) is 0.111. The van der Waals surface area contributed by atoms with Gasteiger partial charge in [0.25, 0.3) is 5.91 Å². The van der Waals surface area contributed by atoms with Gasteiger partial charge in [-0.2, -0.15) is 4.37 Å². The number of nitrogens with one attached hydrogen (secondary N) is 1. The Morgan fingerprint density at radius 1 is 1.59 bits per heavy atom. The molecule has 0 saturated heterocycles. The van der Waals surface area contributed by atoms with E-state index in [1.165, 1.54) is 12.3 Å². The highest BCUT2D eigenvalue weighted by molar-refractivity contribution is 7.09. The lowest BCUT2D eigenvalue weighted by atomic mass is 10.2. The number of rotatable bonds is 2. The number of carbonyl (C=O) groups is 1. The summed E-state index contributed by atoms with van der Waals surface area (Å²) in [5.41, 5.74) is 6.15. The Morgan fingerprint density at radius 3 is 3.00 bits per heavy atom. The van der Waals surface area contributed by atoms with Gasteiger partial charge in [-0.3, -0.25) is 10.1 Å². The molecule has 0 unspecified atom stereocenters. The van der Waals surface area contributed by atoms with Crippen LogP contribution in [0.1, 0.15) is 16.2 Å². The number of anilines is 2. The van der Waals surface area contributed by atoms with Crippen molar-refractivity contribution in [3.8, 4) is 0 Å². The molecular weight excluding hydrogens is 262 g/mol. The zero-order valence-corrected chi connectivity index (χ0v) is 10.3. The van der Waals surface area contributed by atoms with Crippen LogP contribution in [0.25, 0.3) is 0 Å². The molecule has 0 aliphatic carbocycles. The molecule has 0 bridgehead atoms. The maximum Gasteiger partial charge on any atom is 0.259 e. The van der Waals surface area contributed by atoms with E-state index < -0.39 is 0 Å². The van der Waals surface area contributed by atoms with E-state index in [9.17, 15) is 4.79 Å². The Balaban J connectivity index is 2.22. The van der Waals surface area contributed by atoms with Crippen LogP contribution in [0, 0.1) is 6.92 Å². The molecule has 0 spiro atoms. The molecule has 1 amide bonds. The Labute approximate surface area is 106 Å². The molecule has 88 valence electrons. The van der Waals surface area contributed by atoms with Gasteiger partial charge in [0.2, 0.25) is 5.13 Å². The molecule has 3 N–H and O–H groups in total. The van der Waals surface area contributed by atoms with Gasteiger partial charge < -0.3 is 5.73 Å². The summed E-state index contributed by atoms with van der Waals surface area (Å²) in [6, 6.07) is 1.40. The summed E-state index contributed by atoms with van der Waals surface area (Å²) in [6.07, 6.45) is 1.34. The van der Waals surface area contributed by atoms with Crippen molar-refractivity contribution in [3.63, 3.8) is 0 Å². The number of nitrogen functional groups attached to an aromatic ring is 1. The second kappa shape index (κ2) is 4.64.